The number of quaternary nitrogens is 1. The number of likely N-dealkylation sites (N-methyl/N-ethyl adjacent to an activating group) is 1. The largest absolute Gasteiger partial charge is 0.333 e. The van der Waals surface area contributed by atoms with E-state index < -0.39 is 0 Å². The molecule has 4 heteroatoms. The monoisotopic (exact) mass is 191 g/mol. The Bertz CT molecular complexity index is 338. The molecule has 2 rings (SSSR count). The zero-order chi connectivity index (χ0) is 10.0. The van der Waals surface area contributed by atoms with E-state index in [2.05, 4.69) is 16.4 Å². The molecule has 0 aliphatic carbocycles. The van der Waals surface area contributed by atoms with Crippen molar-refractivity contribution in [1.82, 2.24) is 14.8 Å². The minimum Gasteiger partial charge on any atom is -0.300 e. The van der Waals surface area contributed by atoms with E-state index in [0.29, 0.717) is 11.0 Å². The van der Waals surface area contributed by atoms with Crippen LogP contribution in [0.4, 0.5) is 5.82 Å². The average molecular weight is 191 g/mol. The topological polar surface area (TPSA) is 42.0 Å². The molecule has 0 aromatic carbocycles. The van der Waals surface area contributed by atoms with Crippen molar-refractivity contribution in [2.24, 2.45) is 0 Å². The van der Waals surface area contributed by atoms with Crippen LogP contribution in [-0.2, 0) is 4.79 Å². The van der Waals surface area contributed by atoms with E-state index in [1.54, 1.807) is 12.3 Å². The van der Waals surface area contributed by atoms with Gasteiger partial charge in [-0.2, -0.15) is 0 Å². The van der Waals surface area contributed by atoms with E-state index in [4.69, 9.17) is 0 Å². The Morgan fingerprint density at radius 3 is 3.14 bits per heavy atom. The summed E-state index contributed by atoms with van der Waals surface area (Å²) in [7, 11) is 1.91. The number of piperazine rings is 1. The van der Waals surface area contributed by atoms with Crippen LogP contribution in [0, 0.1) is 6.07 Å². The molecule has 0 bridgehead atoms. The van der Waals surface area contributed by atoms with Crippen LogP contribution < -0.4 is 9.80 Å². The minimum absolute atomic E-state index is 0.162. The number of nitrogens with one attached hydrogen (secondary N) is 1. The van der Waals surface area contributed by atoms with Gasteiger partial charge in [0.2, 0.25) is 5.82 Å². The molecule has 4 nitrogen and oxygen atoms in total. The lowest BCUT2D eigenvalue weighted by Gasteiger charge is -2.33. The lowest BCUT2D eigenvalue weighted by atomic mass is 10.2. The summed E-state index contributed by atoms with van der Waals surface area (Å²) >= 11 is 0. The van der Waals surface area contributed by atoms with Crippen molar-refractivity contribution in [3.05, 3.63) is 24.4 Å². The van der Waals surface area contributed by atoms with Gasteiger partial charge in [0.1, 0.15) is 13.1 Å². The number of hydrogen-bond donors (Lipinski definition) is 1. The molecule has 1 atom stereocenters. The SMILES string of the molecule is C[N+]1(c2cc[c]cn2)CCNCC1=O. The molecule has 1 aromatic rings. The van der Waals surface area contributed by atoms with E-state index in [-0.39, 0.29) is 5.91 Å². The van der Waals surface area contributed by atoms with Gasteiger partial charge < -0.3 is 0 Å². The van der Waals surface area contributed by atoms with Gasteiger partial charge in [0, 0.05) is 24.9 Å². The first-order valence-corrected chi connectivity index (χ1v) is 4.66. The summed E-state index contributed by atoms with van der Waals surface area (Å²) in [6.45, 7) is 2.04. The fraction of sp³-hybridized carbons (Fsp3) is 0.400. The van der Waals surface area contributed by atoms with Crippen LogP contribution in [0.5, 0.6) is 0 Å². The minimum atomic E-state index is 0.162. The number of carbonyl (C=O) groups excluding carboxylic acids is 1. The second-order valence-electron chi connectivity index (χ2n) is 3.60. The zero-order valence-electron chi connectivity index (χ0n) is 8.16. The predicted molar refractivity (Wildman–Crippen MR) is 53.5 cm³/mol. The van der Waals surface area contributed by atoms with Gasteiger partial charge in [0.15, 0.2) is 0 Å². The normalized spacial score (nSPS) is 27.6. The summed E-state index contributed by atoms with van der Waals surface area (Å²) in [5.41, 5.74) is 0. The van der Waals surface area contributed by atoms with Crippen molar-refractivity contribution in [2.75, 3.05) is 26.7 Å². The van der Waals surface area contributed by atoms with Crippen LogP contribution in [0.15, 0.2) is 18.3 Å². The van der Waals surface area contributed by atoms with Gasteiger partial charge in [0.05, 0.1) is 7.05 Å². The van der Waals surface area contributed by atoms with Crippen LogP contribution in [0.25, 0.3) is 0 Å². The quantitative estimate of drug-likeness (QED) is 0.633. The third-order valence-corrected chi connectivity index (χ3v) is 2.67. The molecule has 1 saturated heterocycles. The zero-order valence-corrected chi connectivity index (χ0v) is 8.16. The van der Waals surface area contributed by atoms with Crippen LogP contribution in [-0.4, -0.2) is 37.6 Å². The lowest BCUT2D eigenvalue weighted by Crippen LogP contribution is -2.61. The maximum Gasteiger partial charge on any atom is 0.333 e. The molecular formula is C10H13N3O+. The first-order chi connectivity index (χ1) is 6.73. The van der Waals surface area contributed by atoms with Crippen LogP contribution >= 0.6 is 0 Å². The fourth-order valence-electron chi connectivity index (χ4n) is 1.64. The number of pyridine rings is 1. The van der Waals surface area contributed by atoms with Crippen molar-refractivity contribution < 1.29 is 4.79 Å². The highest BCUT2D eigenvalue weighted by Crippen LogP contribution is 2.18. The third kappa shape index (κ3) is 1.42. The molecule has 1 aliphatic rings. The summed E-state index contributed by atoms with van der Waals surface area (Å²) in [5, 5.41) is 3.06. The molecule has 1 fully saturated rings. The Labute approximate surface area is 83.2 Å². The Balaban J connectivity index is 2.35. The molecule has 1 N–H and O–H groups in total. The fourth-order valence-corrected chi connectivity index (χ4v) is 1.64. The Morgan fingerprint density at radius 1 is 1.64 bits per heavy atom. The second kappa shape index (κ2) is 3.48. The van der Waals surface area contributed by atoms with Gasteiger partial charge in [-0.05, 0) is 6.07 Å². The van der Waals surface area contributed by atoms with Gasteiger partial charge in [-0.1, -0.05) is 0 Å². The highest BCUT2D eigenvalue weighted by Gasteiger charge is 2.37. The molecule has 1 aliphatic heterocycles. The van der Waals surface area contributed by atoms with Crippen LogP contribution in [0.1, 0.15) is 0 Å². The van der Waals surface area contributed by atoms with Gasteiger partial charge in [-0.3, -0.25) is 5.32 Å². The summed E-state index contributed by atoms with van der Waals surface area (Å²) < 4.78 is 0.293. The van der Waals surface area contributed by atoms with Crippen molar-refractivity contribution in [3.8, 4) is 0 Å². The van der Waals surface area contributed by atoms with Crippen molar-refractivity contribution in [2.45, 2.75) is 0 Å². The smallest absolute Gasteiger partial charge is 0.300 e. The number of hydrogen-bond acceptors (Lipinski definition) is 3. The predicted octanol–water partition coefficient (Wildman–Crippen LogP) is -0.0513. The third-order valence-electron chi connectivity index (χ3n) is 2.67. The molecule has 1 amide bonds. The first-order valence-electron chi connectivity index (χ1n) is 4.66. The molecule has 0 spiro atoms. The number of nitrogens with zero attached hydrogens (tertiary/aromatic N) is 2. The maximum atomic E-state index is 11.8. The highest BCUT2D eigenvalue weighted by atomic mass is 16.2. The standard InChI is InChI=1S/C10H13N3O/c1-13(7-6-11-8-10(13)14)9-4-2-3-5-12-9/h2,4-5,11H,6-8H2,1H3/q+1. The number of carbonyl (C=O) groups is 1. The van der Waals surface area contributed by atoms with Crippen LogP contribution in [0.2, 0.25) is 0 Å². The molecule has 0 saturated carbocycles. The first kappa shape index (κ1) is 9.30. The van der Waals surface area contributed by atoms with Crippen molar-refractivity contribution >= 4 is 11.7 Å². The van der Waals surface area contributed by atoms with Crippen molar-refractivity contribution in [1.29, 1.82) is 0 Å². The number of rotatable bonds is 1. The molecular weight excluding hydrogens is 178 g/mol. The molecule has 2 heterocycles. The molecule has 1 radical (unpaired) electrons. The highest BCUT2D eigenvalue weighted by molar-refractivity contribution is 5.89. The summed E-state index contributed by atoms with van der Waals surface area (Å²) in [6.07, 6.45) is 1.61. The summed E-state index contributed by atoms with van der Waals surface area (Å²) in [4.78, 5) is 16.0. The summed E-state index contributed by atoms with van der Waals surface area (Å²) in [6, 6.07) is 6.50. The van der Waals surface area contributed by atoms with E-state index in [1.807, 2.05) is 13.1 Å². The van der Waals surface area contributed by atoms with Crippen molar-refractivity contribution in [3.63, 3.8) is 0 Å². The van der Waals surface area contributed by atoms with E-state index >= 15 is 0 Å². The Kier molecular flexibility index (Phi) is 2.31. The average Bonchev–Trinajstić information content (AvgIpc) is 2.24. The Hall–Kier alpha value is -1.26. The van der Waals surface area contributed by atoms with Gasteiger partial charge >= 0.3 is 5.91 Å². The molecule has 1 aromatic heterocycles. The molecule has 73 valence electrons. The molecule has 1 unspecified atom stereocenters. The maximum absolute atomic E-state index is 11.8. The lowest BCUT2D eigenvalue weighted by molar-refractivity contribution is -0.129. The van der Waals surface area contributed by atoms with E-state index in [0.717, 1.165) is 18.9 Å². The molecule has 14 heavy (non-hydrogen) atoms. The van der Waals surface area contributed by atoms with E-state index in [1.165, 1.54) is 0 Å². The van der Waals surface area contributed by atoms with Gasteiger partial charge in [-0.25, -0.2) is 14.3 Å². The van der Waals surface area contributed by atoms with Gasteiger partial charge in [-0.15, -0.1) is 0 Å². The van der Waals surface area contributed by atoms with E-state index in [9.17, 15) is 4.79 Å². The van der Waals surface area contributed by atoms with Gasteiger partial charge in [0.25, 0.3) is 0 Å². The summed E-state index contributed by atoms with van der Waals surface area (Å²) in [5.74, 6) is 0.963. The second-order valence-corrected chi connectivity index (χ2v) is 3.60. The number of amides is 1. The Morgan fingerprint density at radius 2 is 2.50 bits per heavy atom. The number of aromatic nitrogens is 1. The van der Waals surface area contributed by atoms with Crippen LogP contribution in [0.3, 0.4) is 0 Å².